The fourth-order valence-corrected chi connectivity index (χ4v) is 4.76. The molecule has 0 aromatic carbocycles. The van der Waals surface area contributed by atoms with Gasteiger partial charge in [0.1, 0.15) is 0 Å². The van der Waals surface area contributed by atoms with E-state index in [1.54, 1.807) is 11.3 Å². The van der Waals surface area contributed by atoms with Gasteiger partial charge in [-0.15, -0.1) is 11.3 Å². The molecular formula is C16H19N3OS. The Balaban J connectivity index is 1.66. The van der Waals surface area contributed by atoms with Crippen LogP contribution in [0.1, 0.15) is 30.8 Å². The van der Waals surface area contributed by atoms with Gasteiger partial charge in [0.05, 0.1) is 24.0 Å². The molecule has 21 heavy (non-hydrogen) atoms. The van der Waals surface area contributed by atoms with Gasteiger partial charge in [0, 0.05) is 24.2 Å². The molecule has 0 spiro atoms. The summed E-state index contributed by atoms with van der Waals surface area (Å²) in [7, 11) is 0. The van der Waals surface area contributed by atoms with Crippen LogP contribution in [0.3, 0.4) is 0 Å². The first kappa shape index (κ1) is 13.1. The molecule has 1 amide bonds. The van der Waals surface area contributed by atoms with E-state index in [0.717, 1.165) is 25.2 Å². The molecular weight excluding hydrogens is 282 g/mol. The van der Waals surface area contributed by atoms with Gasteiger partial charge in [-0.05, 0) is 23.3 Å². The Bertz CT molecular complexity index is 688. The summed E-state index contributed by atoms with van der Waals surface area (Å²) in [6.07, 6.45) is 4.68. The van der Waals surface area contributed by atoms with Crippen LogP contribution in [0.4, 0.5) is 0 Å². The molecule has 2 aromatic heterocycles. The van der Waals surface area contributed by atoms with E-state index >= 15 is 0 Å². The second-order valence-electron chi connectivity index (χ2n) is 6.75. The fourth-order valence-electron chi connectivity index (χ4n) is 3.66. The Hall–Kier alpha value is -1.62. The van der Waals surface area contributed by atoms with Gasteiger partial charge in [-0.2, -0.15) is 0 Å². The molecule has 4 rings (SSSR count). The van der Waals surface area contributed by atoms with Crippen molar-refractivity contribution in [3.63, 3.8) is 0 Å². The lowest BCUT2D eigenvalue weighted by atomic mass is 9.92. The van der Waals surface area contributed by atoms with Crippen molar-refractivity contribution in [2.24, 2.45) is 5.41 Å². The fraction of sp³-hybridized carbons (Fsp3) is 0.500. The number of thiophene rings is 1. The lowest BCUT2D eigenvalue weighted by Crippen LogP contribution is -2.44. The third kappa shape index (κ3) is 1.73. The molecule has 3 heterocycles. The highest BCUT2D eigenvalue weighted by Gasteiger charge is 2.68. The van der Waals surface area contributed by atoms with Gasteiger partial charge in [0.2, 0.25) is 5.91 Å². The van der Waals surface area contributed by atoms with Crippen LogP contribution in [0.15, 0.2) is 30.0 Å². The van der Waals surface area contributed by atoms with Gasteiger partial charge in [-0.1, -0.05) is 19.9 Å². The normalized spacial score (nSPS) is 26.5. The number of amides is 1. The van der Waals surface area contributed by atoms with Crippen molar-refractivity contribution in [2.45, 2.75) is 38.8 Å². The third-order valence-corrected chi connectivity index (χ3v) is 6.13. The molecule has 0 saturated heterocycles. The molecule has 1 saturated carbocycles. The Kier molecular flexibility index (Phi) is 2.61. The Labute approximate surface area is 128 Å². The molecule has 0 radical (unpaired) electrons. The van der Waals surface area contributed by atoms with Crippen molar-refractivity contribution in [3.8, 4) is 0 Å². The molecule has 1 aliphatic carbocycles. The molecule has 1 atom stereocenters. The van der Waals surface area contributed by atoms with Crippen molar-refractivity contribution in [1.29, 1.82) is 0 Å². The molecule has 1 aliphatic heterocycles. The topological polar surface area (TPSA) is 38.1 Å². The summed E-state index contributed by atoms with van der Waals surface area (Å²) in [5, 5.41) is 2.07. The Morgan fingerprint density at radius 2 is 2.19 bits per heavy atom. The lowest BCUT2D eigenvalue weighted by Gasteiger charge is -2.32. The zero-order valence-electron chi connectivity index (χ0n) is 12.4. The first-order valence-corrected chi connectivity index (χ1v) is 8.25. The van der Waals surface area contributed by atoms with E-state index in [9.17, 15) is 4.79 Å². The maximum absolute atomic E-state index is 13.2. The summed E-state index contributed by atoms with van der Waals surface area (Å²) >= 11 is 1.71. The van der Waals surface area contributed by atoms with E-state index in [-0.39, 0.29) is 10.8 Å². The summed E-state index contributed by atoms with van der Waals surface area (Å²) in [5.41, 5.74) is 0.894. The maximum atomic E-state index is 13.2. The number of carbonyl (C=O) groups excluding carboxylic acids is 1. The SMILES string of the molecule is CC1(C)C[C@]1(C(=O)N1CCn2cncc2C1)c1cccs1. The van der Waals surface area contributed by atoms with Gasteiger partial charge in [-0.3, -0.25) is 4.79 Å². The minimum atomic E-state index is -0.302. The lowest BCUT2D eigenvalue weighted by molar-refractivity contribution is -0.136. The van der Waals surface area contributed by atoms with Crippen LogP contribution in [0, 0.1) is 5.41 Å². The number of hydrogen-bond acceptors (Lipinski definition) is 3. The molecule has 1 fully saturated rings. The van der Waals surface area contributed by atoms with Crippen LogP contribution < -0.4 is 0 Å². The Morgan fingerprint density at radius 3 is 2.86 bits per heavy atom. The molecule has 2 aliphatic rings. The second-order valence-corrected chi connectivity index (χ2v) is 7.70. The number of carbonyl (C=O) groups is 1. The highest BCUT2D eigenvalue weighted by molar-refractivity contribution is 7.10. The molecule has 5 heteroatoms. The molecule has 110 valence electrons. The quantitative estimate of drug-likeness (QED) is 0.855. The monoisotopic (exact) mass is 301 g/mol. The van der Waals surface area contributed by atoms with E-state index < -0.39 is 0 Å². The minimum Gasteiger partial charge on any atom is -0.334 e. The summed E-state index contributed by atoms with van der Waals surface area (Å²) < 4.78 is 2.14. The maximum Gasteiger partial charge on any atom is 0.235 e. The van der Waals surface area contributed by atoms with Gasteiger partial charge < -0.3 is 9.47 Å². The zero-order chi connectivity index (χ0) is 14.7. The standard InChI is InChI=1S/C16H19N3OS/c1-15(2)10-16(15,13-4-3-7-21-13)14(20)18-5-6-19-11-17-8-12(19)9-18/h3-4,7-8,11H,5-6,9-10H2,1-2H3/t16-/m1/s1. The highest BCUT2D eigenvalue weighted by Crippen LogP contribution is 2.66. The average Bonchev–Trinajstić information content (AvgIpc) is 2.93. The summed E-state index contributed by atoms with van der Waals surface area (Å²) in [6, 6.07) is 4.17. The molecule has 0 N–H and O–H groups in total. The van der Waals surface area contributed by atoms with Crippen molar-refractivity contribution in [3.05, 3.63) is 40.6 Å². The number of fused-ring (bicyclic) bond motifs is 1. The van der Waals surface area contributed by atoms with Gasteiger partial charge in [0.25, 0.3) is 0 Å². The largest absolute Gasteiger partial charge is 0.334 e. The number of hydrogen-bond donors (Lipinski definition) is 0. The summed E-state index contributed by atoms with van der Waals surface area (Å²) in [5.74, 6) is 0.294. The van der Waals surface area contributed by atoms with Crippen molar-refractivity contribution < 1.29 is 4.79 Å². The first-order valence-electron chi connectivity index (χ1n) is 7.37. The van der Waals surface area contributed by atoms with E-state index in [1.807, 2.05) is 17.4 Å². The number of nitrogens with zero attached hydrogens (tertiary/aromatic N) is 3. The van der Waals surface area contributed by atoms with Crippen LogP contribution in [-0.4, -0.2) is 26.9 Å². The predicted octanol–water partition coefficient (Wildman–Crippen LogP) is 2.65. The Morgan fingerprint density at radius 1 is 1.38 bits per heavy atom. The van der Waals surface area contributed by atoms with Gasteiger partial charge >= 0.3 is 0 Å². The van der Waals surface area contributed by atoms with E-state index in [4.69, 9.17) is 0 Å². The van der Waals surface area contributed by atoms with E-state index in [2.05, 4.69) is 40.9 Å². The molecule has 0 bridgehead atoms. The van der Waals surface area contributed by atoms with Crippen LogP contribution in [0.25, 0.3) is 0 Å². The average molecular weight is 301 g/mol. The minimum absolute atomic E-state index is 0.0621. The number of rotatable bonds is 2. The zero-order valence-corrected chi connectivity index (χ0v) is 13.2. The van der Waals surface area contributed by atoms with Crippen molar-refractivity contribution in [1.82, 2.24) is 14.5 Å². The van der Waals surface area contributed by atoms with Gasteiger partial charge in [0.15, 0.2) is 0 Å². The summed E-state index contributed by atoms with van der Waals surface area (Å²) in [6.45, 7) is 6.73. The molecule has 4 nitrogen and oxygen atoms in total. The molecule has 0 unspecified atom stereocenters. The third-order valence-electron chi connectivity index (χ3n) is 5.09. The van der Waals surface area contributed by atoms with Crippen molar-refractivity contribution in [2.75, 3.05) is 6.54 Å². The summed E-state index contributed by atoms with van der Waals surface area (Å²) in [4.78, 5) is 20.7. The van der Waals surface area contributed by atoms with Crippen LogP contribution in [0.5, 0.6) is 0 Å². The number of imidazole rings is 1. The second kappa shape index (κ2) is 4.19. The smallest absolute Gasteiger partial charge is 0.235 e. The number of aromatic nitrogens is 2. The van der Waals surface area contributed by atoms with E-state index in [0.29, 0.717) is 12.5 Å². The van der Waals surface area contributed by atoms with Crippen LogP contribution in [0.2, 0.25) is 0 Å². The molecule has 2 aromatic rings. The highest BCUT2D eigenvalue weighted by atomic mass is 32.1. The van der Waals surface area contributed by atoms with Crippen LogP contribution >= 0.6 is 11.3 Å². The van der Waals surface area contributed by atoms with E-state index in [1.165, 1.54) is 4.88 Å². The van der Waals surface area contributed by atoms with Crippen LogP contribution in [-0.2, 0) is 23.3 Å². The van der Waals surface area contributed by atoms with Crippen molar-refractivity contribution >= 4 is 17.2 Å². The first-order chi connectivity index (χ1) is 10.0. The van der Waals surface area contributed by atoms with Gasteiger partial charge in [-0.25, -0.2) is 4.98 Å². The predicted molar refractivity (Wildman–Crippen MR) is 82.0 cm³/mol.